The van der Waals surface area contributed by atoms with Crippen molar-refractivity contribution >= 4 is 11.6 Å². The first-order valence-electron chi connectivity index (χ1n) is 4.75. The van der Waals surface area contributed by atoms with E-state index in [4.69, 9.17) is 16.3 Å². The highest BCUT2D eigenvalue weighted by Crippen LogP contribution is 2.28. The first-order chi connectivity index (χ1) is 7.31. The molecule has 0 spiro atoms. The molecule has 1 aromatic carbocycles. The maximum atomic E-state index is 6.05. The Balaban J connectivity index is 2.21. The Hall–Kier alpha value is -1.48. The van der Waals surface area contributed by atoms with Crippen molar-refractivity contribution in [3.63, 3.8) is 0 Å². The van der Waals surface area contributed by atoms with Gasteiger partial charge in [-0.1, -0.05) is 29.8 Å². The van der Waals surface area contributed by atoms with Crippen LogP contribution in [0.3, 0.4) is 0 Å². The molecule has 0 aliphatic rings. The van der Waals surface area contributed by atoms with Crippen molar-refractivity contribution in [1.29, 1.82) is 0 Å². The quantitative estimate of drug-likeness (QED) is 0.797. The van der Waals surface area contributed by atoms with E-state index in [9.17, 15) is 0 Å². The van der Waals surface area contributed by atoms with E-state index < -0.39 is 0 Å². The molecular formula is C11H11ClN2O. The van der Waals surface area contributed by atoms with E-state index in [0.29, 0.717) is 10.9 Å². The minimum Gasteiger partial charge on any atom is -0.452 e. The number of hydrogen-bond donors (Lipinski definition) is 0. The van der Waals surface area contributed by atoms with Crippen LogP contribution in [0.2, 0.25) is 5.15 Å². The molecule has 1 heterocycles. The first-order valence-corrected chi connectivity index (χ1v) is 5.13. The summed E-state index contributed by atoms with van der Waals surface area (Å²) in [5.41, 5.74) is 0. The molecule has 15 heavy (non-hydrogen) atoms. The summed E-state index contributed by atoms with van der Waals surface area (Å²) in [7, 11) is 0. The molecule has 0 saturated heterocycles. The number of aromatic nitrogens is 2. The van der Waals surface area contributed by atoms with Crippen molar-refractivity contribution in [2.75, 3.05) is 0 Å². The monoisotopic (exact) mass is 222 g/mol. The van der Waals surface area contributed by atoms with Gasteiger partial charge in [-0.3, -0.25) is 4.68 Å². The topological polar surface area (TPSA) is 27.1 Å². The molecule has 0 amide bonds. The molecule has 0 aliphatic carbocycles. The molecule has 0 fully saturated rings. The Bertz CT molecular complexity index is 439. The molecule has 4 heteroatoms. The van der Waals surface area contributed by atoms with Gasteiger partial charge in [0, 0.05) is 6.54 Å². The van der Waals surface area contributed by atoms with Gasteiger partial charge in [-0.15, -0.1) is 0 Å². The molecule has 1 aromatic heterocycles. The average Bonchev–Trinajstić information content (AvgIpc) is 2.62. The van der Waals surface area contributed by atoms with Gasteiger partial charge in [-0.05, 0) is 19.1 Å². The predicted molar refractivity (Wildman–Crippen MR) is 59.4 cm³/mol. The van der Waals surface area contributed by atoms with Gasteiger partial charge in [0.2, 0.25) is 0 Å². The van der Waals surface area contributed by atoms with E-state index >= 15 is 0 Å². The normalized spacial score (nSPS) is 10.3. The molecule has 3 nitrogen and oxygen atoms in total. The molecule has 78 valence electrons. The van der Waals surface area contributed by atoms with Gasteiger partial charge >= 0.3 is 0 Å². The molecule has 0 N–H and O–H groups in total. The SMILES string of the molecule is CCn1ncc(Oc2ccccc2)c1Cl. The fourth-order valence-electron chi connectivity index (χ4n) is 1.26. The van der Waals surface area contributed by atoms with Crippen molar-refractivity contribution in [1.82, 2.24) is 9.78 Å². The zero-order valence-corrected chi connectivity index (χ0v) is 9.11. The second-order valence-corrected chi connectivity index (χ2v) is 3.39. The van der Waals surface area contributed by atoms with Crippen LogP contribution in [0.25, 0.3) is 0 Å². The van der Waals surface area contributed by atoms with Crippen molar-refractivity contribution < 1.29 is 4.74 Å². The van der Waals surface area contributed by atoms with Gasteiger partial charge in [0.05, 0.1) is 6.20 Å². The maximum absolute atomic E-state index is 6.05. The van der Waals surface area contributed by atoms with Crippen LogP contribution in [0.4, 0.5) is 0 Å². The number of halogens is 1. The molecule has 2 aromatic rings. The molecule has 0 radical (unpaired) electrons. The largest absolute Gasteiger partial charge is 0.452 e. The van der Waals surface area contributed by atoms with Crippen molar-refractivity contribution in [3.05, 3.63) is 41.7 Å². The zero-order chi connectivity index (χ0) is 10.7. The summed E-state index contributed by atoms with van der Waals surface area (Å²) in [4.78, 5) is 0. The lowest BCUT2D eigenvalue weighted by atomic mass is 10.3. The highest BCUT2D eigenvalue weighted by atomic mass is 35.5. The van der Waals surface area contributed by atoms with E-state index in [1.165, 1.54) is 0 Å². The zero-order valence-electron chi connectivity index (χ0n) is 8.35. The van der Waals surface area contributed by atoms with Crippen molar-refractivity contribution in [2.24, 2.45) is 0 Å². The van der Waals surface area contributed by atoms with Gasteiger partial charge < -0.3 is 4.74 Å². The molecular weight excluding hydrogens is 212 g/mol. The first kappa shape index (κ1) is 10.1. The minimum atomic E-state index is 0.529. The number of ether oxygens (including phenoxy) is 1. The molecule has 0 aliphatic heterocycles. The summed E-state index contributed by atoms with van der Waals surface area (Å²) in [5.74, 6) is 1.35. The van der Waals surface area contributed by atoms with Crippen LogP contribution in [-0.4, -0.2) is 9.78 Å². The third-order valence-electron chi connectivity index (χ3n) is 2.01. The van der Waals surface area contributed by atoms with Crippen LogP contribution < -0.4 is 4.74 Å². The Kier molecular flexibility index (Phi) is 2.92. The number of hydrogen-bond acceptors (Lipinski definition) is 2. The Labute approximate surface area is 93.2 Å². The van der Waals surface area contributed by atoms with Gasteiger partial charge in [0.15, 0.2) is 10.9 Å². The van der Waals surface area contributed by atoms with E-state index in [0.717, 1.165) is 12.3 Å². The minimum absolute atomic E-state index is 0.529. The van der Waals surface area contributed by atoms with E-state index in [-0.39, 0.29) is 0 Å². The summed E-state index contributed by atoms with van der Waals surface area (Å²) >= 11 is 6.05. The summed E-state index contributed by atoms with van der Waals surface area (Å²) in [6, 6.07) is 9.50. The second-order valence-electron chi connectivity index (χ2n) is 3.03. The number of para-hydroxylation sites is 1. The van der Waals surface area contributed by atoms with Gasteiger partial charge in [0.25, 0.3) is 0 Å². The van der Waals surface area contributed by atoms with Crippen LogP contribution >= 0.6 is 11.6 Å². The average molecular weight is 223 g/mol. The second kappa shape index (κ2) is 4.36. The van der Waals surface area contributed by atoms with E-state index in [1.54, 1.807) is 10.9 Å². The number of nitrogens with zero attached hydrogens (tertiary/aromatic N) is 2. The van der Waals surface area contributed by atoms with Crippen LogP contribution in [-0.2, 0) is 6.54 Å². The summed E-state index contributed by atoms with van der Waals surface area (Å²) < 4.78 is 7.26. The van der Waals surface area contributed by atoms with Gasteiger partial charge in [-0.25, -0.2) is 0 Å². The summed E-state index contributed by atoms with van der Waals surface area (Å²) in [6.45, 7) is 2.71. The predicted octanol–water partition coefficient (Wildman–Crippen LogP) is 3.35. The Morgan fingerprint density at radius 1 is 1.33 bits per heavy atom. The number of rotatable bonds is 3. The molecule has 0 atom stereocenters. The molecule has 2 rings (SSSR count). The Morgan fingerprint density at radius 2 is 2.07 bits per heavy atom. The van der Waals surface area contributed by atoms with Crippen LogP contribution in [0.5, 0.6) is 11.5 Å². The van der Waals surface area contributed by atoms with Gasteiger partial charge in [-0.2, -0.15) is 5.10 Å². The van der Waals surface area contributed by atoms with E-state index in [2.05, 4.69) is 5.10 Å². The lowest BCUT2D eigenvalue weighted by Gasteiger charge is -2.03. The van der Waals surface area contributed by atoms with Crippen LogP contribution in [0.1, 0.15) is 6.92 Å². The lowest BCUT2D eigenvalue weighted by Crippen LogP contribution is -1.95. The third-order valence-corrected chi connectivity index (χ3v) is 2.40. The maximum Gasteiger partial charge on any atom is 0.184 e. The Morgan fingerprint density at radius 3 is 2.67 bits per heavy atom. The lowest BCUT2D eigenvalue weighted by molar-refractivity contribution is 0.481. The number of benzene rings is 1. The van der Waals surface area contributed by atoms with Crippen molar-refractivity contribution in [3.8, 4) is 11.5 Å². The standard InChI is InChI=1S/C11H11ClN2O/c1-2-14-11(12)10(8-13-14)15-9-6-4-3-5-7-9/h3-8H,2H2,1H3. The third kappa shape index (κ3) is 2.13. The fourth-order valence-corrected chi connectivity index (χ4v) is 1.51. The molecule has 0 saturated carbocycles. The smallest absolute Gasteiger partial charge is 0.184 e. The number of aryl methyl sites for hydroxylation is 1. The van der Waals surface area contributed by atoms with Gasteiger partial charge in [0.1, 0.15) is 5.75 Å². The molecule has 0 bridgehead atoms. The fraction of sp³-hybridized carbons (Fsp3) is 0.182. The van der Waals surface area contributed by atoms with Crippen molar-refractivity contribution in [2.45, 2.75) is 13.5 Å². The summed E-state index contributed by atoms with van der Waals surface area (Å²) in [6.07, 6.45) is 1.62. The van der Waals surface area contributed by atoms with Crippen LogP contribution in [0.15, 0.2) is 36.5 Å². The summed E-state index contributed by atoms with van der Waals surface area (Å²) in [5, 5.41) is 4.62. The highest BCUT2D eigenvalue weighted by molar-refractivity contribution is 6.31. The highest BCUT2D eigenvalue weighted by Gasteiger charge is 2.08. The van der Waals surface area contributed by atoms with E-state index in [1.807, 2.05) is 37.3 Å². The van der Waals surface area contributed by atoms with Crippen LogP contribution in [0, 0.1) is 0 Å². The molecule has 0 unspecified atom stereocenters.